The van der Waals surface area contributed by atoms with Crippen molar-refractivity contribution in [1.82, 2.24) is 10.2 Å². The Labute approximate surface area is 134 Å². The van der Waals surface area contributed by atoms with Crippen molar-refractivity contribution in [3.8, 4) is 0 Å². The molecule has 1 unspecified atom stereocenters. The third kappa shape index (κ3) is 3.47. The molecule has 1 aromatic heterocycles. The van der Waals surface area contributed by atoms with Gasteiger partial charge in [-0.05, 0) is 28.1 Å². The number of carbonyl (C=O) groups is 3. The standard InChI is InChI=1S/C13H15BrN2O6/c1-16(11(18)8-2-3-9(14)22-8)6-10(17)15-13(12(19)20)4-5-21-7-13/h2-3H,4-7H2,1H3,(H,15,17)(H,19,20). The van der Waals surface area contributed by atoms with Crippen molar-refractivity contribution >= 4 is 33.7 Å². The highest BCUT2D eigenvalue weighted by Gasteiger charge is 2.44. The van der Waals surface area contributed by atoms with Gasteiger partial charge in [0.05, 0.1) is 13.2 Å². The van der Waals surface area contributed by atoms with Gasteiger partial charge in [0.25, 0.3) is 5.91 Å². The van der Waals surface area contributed by atoms with Gasteiger partial charge in [-0.2, -0.15) is 0 Å². The Kier molecular flexibility index (Phi) is 4.87. The summed E-state index contributed by atoms with van der Waals surface area (Å²) in [5.74, 6) is -2.12. The van der Waals surface area contributed by atoms with Crippen molar-refractivity contribution in [3.05, 3.63) is 22.6 Å². The second-order valence-electron chi connectivity index (χ2n) is 5.00. The number of amides is 2. The van der Waals surface area contributed by atoms with Crippen molar-refractivity contribution in [2.45, 2.75) is 12.0 Å². The molecule has 1 aliphatic heterocycles. The van der Waals surface area contributed by atoms with Crippen LogP contribution in [0.5, 0.6) is 0 Å². The molecular weight excluding hydrogens is 360 g/mol. The van der Waals surface area contributed by atoms with Crippen LogP contribution >= 0.6 is 15.9 Å². The van der Waals surface area contributed by atoms with Gasteiger partial charge in [0.1, 0.15) is 0 Å². The molecule has 0 spiro atoms. The van der Waals surface area contributed by atoms with Crippen LogP contribution in [-0.2, 0) is 14.3 Å². The van der Waals surface area contributed by atoms with Crippen LogP contribution in [0.4, 0.5) is 0 Å². The molecule has 1 atom stereocenters. The molecule has 0 bridgehead atoms. The maximum absolute atomic E-state index is 12.0. The number of aliphatic carboxylic acids is 1. The van der Waals surface area contributed by atoms with Crippen LogP contribution in [0.1, 0.15) is 17.0 Å². The smallest absolute Gasteiger partial charge is 0.331 e. The predicted molar refractivity (Wildman–Crippen MR) is 77.3 cm³/mol. The fourth-order valence-electron chi connectivity index (χ4n) is 2.10. The van der Waals surface area contributed by atoms with Crippen LogP contribution in [0.2, 0.25) is 0 Å². The molecule has 2 rings (SSSR count). The first-order chi connectivity index (χ1) is 10.3. The van der Waals surface area contributed by atoms with E-state index in [0.29, 0.717) is 4.67 Å². The zero-order chi connectivity index (χ0) is 16.3. The van der Waals surface area contributed by atoms with Gasteiger partial charge >= 0.3 is 5.97 Å². The lowest BCUT2D eigenvalue weighted by molar-refractivity contribution is -0.147. The summed E-state index contributed by atoms with van der Waals surface area (Å²) in [4.78, 5) is 36.5. The molecule has 0 radical (unpaired) electrons. The maximum Gasteiger partial charge on any atom is 0.331 e. The van der Waals surface area contributed by atoms with E-state index in [-0.39, 0.29) is 31.9 Å². The first-order valence-electron chi connectivity index (χ1n) is 6.47. The molecule has 2 N–H and O–H groups in total. The second kappa shape index (κ2) is 6.49. The van der Waals surface area contributed by atoms with Gasteiger partial charge in [-0.25, -0.2) is 4.79 Å². The third-order valence-corrected chi connectivity index (χ3v) is 3.75. The van der Waals surface area contributed by atoms with Crippen molar-refractivity contribution in [2.24, 2.45) is 0 Å². The SMILES string of the molecule is CN(CC(=O)NC1(C(=O)O)CCOC1)C(=O)c1ccc(Br)o1. The summed E-state index contributed by atoms with van der Waals surface area (Å²) in [5.41, 5.74) is -1.42. The normalized spacial score (nSPS) is 20.6. The number of hydrogen-bond donors (Lipinski definition) is 2. The molecule has 0 saturated carbocycles. The summed E-state index contributed by atoms with van der Waals surface area (Å²) in [6.07, 6.45) is 0.191. The van der Waals surface area contributed by atoms with E-state index in [9.17, 15) is 19.5 Å². The van der Waals surface area contributed by atoms with Crippen LogP contribution in [0.25, 0.3) is 0 Å². The van der Waals surface area contributed by atoms with Crippen molar-refractivity contribution < 1.29 is 28.6 Å². The Hall–Kier alpha value is -1.87. The number of furan rings is 1. The zero-order valence-corrected chi connectivity index (χ0v) is 13.4. The van der Waals surface area contributed by atoms with E-state index in [4.69, 9.17) is 9.15 Å². The number of nitrogens with zero attached hydrogens (tertiary/aromatic N) is 1. The number of carbonyl (C=O) groups excluding carboxylic acids is 2. The van der Waals surface area contributed by atoms with Crippen LogP contribution in [0.3, 0.4) is 0 Å². The van der Waals surface area contributed by atoms with Crippen LogP contribution in [0.15, 0.2) is 21.2 Å². The first kappa shape index (κ1) is 16.5. The lowest BCUT2D eigenvalue weighted by Gasteiger charge is -2.25. The fraction of sp³-hybridized carbons (Fsp3) is 0.462. The average Bonchev–Trinajstić information content (AvgIpc) is 3.07. The number of carboxylic acids is 1. The van der Waals surface area contributed by atoms with Crippen molar-refractivity contribution in [1.29, 1.82) is 0 Å². The number of halogens is 1. The number of rotatable bonds is 5. The van der Waals surface area contributed by atoms with E-state index >= 15 is 0 Å². The number of ether oxygens (including phenoxy) is 1. The minimum atomic E-state index is -1.42. The molecule has 1 fully saturated rings. The largest absolute Gasteiger partial charge is 0.479 e. The molecule has 0 aromatic carbocycles. The average molecular weight is 375 g/mol. The molecule has 120 valence electrons. The van der Waals surface area contributed by atoms with Crippen LogP contribution in [0, 0.1) is 0 Å². The molecule has 1 aromatic rings. The van der Waals surface area contributed by atoms with Gasteiger partial charge in [0.2, 0.25) is 5.91 Å². The number of nitrogens with one attached hydrogen (secondary N) is 1. The molecule has 0 aliphatic carbocycles. The highest BCUT2D eigenvalue weighted by molar-refractivity contribution is 9.10. The Morgan fingerprint density at radius 3 is 2.68 bits per heavy atom. The predicted octanol–water partition coefficient (Wildman–Crippen LogP) is 0.474. The highest BCUT2D eigenvalue weighted by atomic mass is 79.9. The molecule has 9 heteroatoms. The van der Waals surface area contributed by atoms with Crippen LogP contribution < -0.4 is 5.32 Å². The lowest BCUT2D eigenvalue weighted by Crippen LogP contribution is -2.57. The Bertz CT molecular complexity index is 593. The topological polar surface area (TPSA) is 109 Å². The molecule has 2 amide bonds. The maximum atomic E-state index is 12.0. The summed E-state index contributed by atoms with van der Waals surface area (Å²) >= 11 is 3.09. The molecule has 1 aliphatic rings. The first-order valence-corrected chi connectivity index (χ1v) is 7.26. The quantitative estimate of drug-likeness (QED) is 0.775. The van der Waals surface area contributed by atoms with E-state index in [1.165, 1.54) is 13.1 Å². The van der Waals surface area contributed by atoms with E-state index in [2.05, 4.69) is 21.2 Å². The van der Waals surface area contributed by atoms with E-state index in [1.54, 1.807) is 6.07 Å². The monoisotopic (exact) mass is 374 g/mol. The Morgan fingerprint density at radius 1 is 1.45 bits per heavy atom. The minimum Gasteiger partial charge on any atom is -0.479 e. The number of likely N-dealkylation sites (N-methyl/N-ethyl adjacent to an activating group) is 1. The van der Waals surface area contributed by atoms with Gasteiger partial charge in [-0.15, -0.1) is 0 Å². The Morgan fingerprint density at radius 2 is 2.18 bits per heavy atom. The molecule has 1 saturated heterocycles. The van der Waals surface area contributed by atoms with Gasteiger partial charge in [0, 0.05) is 20.1 Å². The summed E-state index contributed by atoms with van der Waals surface area (Å²) < 4.78 is 10.6. The Balaban J connectivity index is 1.96. The third-order valence-electron chi connectivity index (χ3n) is 3.32. The summed E-state index contributed by atoms with van der Waals surface area (Å²) in [7, 11) is 1.43. The van der Waals surface area contributed by atoms with Crippen LogP contribution in [-0.4, -0.2) is 60.1 Å². The summed E-state index contributed by atoms with van der Waals surface area (Å²) in [6, 6.07) is 3.04. The molecule has 8 nitrogen and oxygen atoms in total. The van der Waals surface area contributed by atoms with E-state index in [0.717, 1.165) is 4.90 Å². The zero-order valence-electron chi connectivity index (χ0n) is 11.8. The van der Waals surface area contributed by atoms with Crippen molar-refractivity contribution in [2.75, 3.05) is 26.8 Å². The second-order valence-corrected chi connectivity index (χ2v) is 5.78. The molecule has 2 heterocycles. The van der Waals surface area contributed by atoms with Gasteiger partial charge in [-0.1, -0.05) is 0 Å². The van der Waals surface area contributed by atoms with Gasteiger partial charge < -0.3 is 24.5 Å². The number of carboxylic acid groups (broad SMARTS) is 1. The molecule has 22 heavy (non-hydrogen) atoms. The molecular formula is C13H15BrN2O6. The van der Waals surface area contributed by atoms with Gasteiger partial charge in [0.15, 0.2) is 16.0 Å². The lowest BCUT2D eigenvalue weighted by atomic mass is 9.99. The van der Waals surface area contributed by atoms with E-state index < -0.39 is 23.3 Å². The summed E-state index contributed by atoms with van der Waals surface area (Å²) in [6.45, 7) is -0.106. The summed E-state index contributed by atoms with van der Waals surface area (Å²) in [5, 5.41) is 11.7. The van der Waals surface area contributed by atoms with E-state index in [1.807, 2.05) is 0 Å². The minimum absolute atomic E-state index is 0.0827. The highest BCUT2D eigenvalue weighted by Crippen LogP contribution is 2.19. The van der Waals surface area contributed by atoms with Crippen molar-refractivity contribution in [3.63, 3.8) is 0 Å². The van der Waals surface area contributed by atoms with Gasteiger partial charge in [-0.3, -0.25) is 9.59 Å². The fourth-order valence-corrected chi connectivity index (χ4v) is 2.40. The number of hydrogen-bond acceptors (Lipinski definition) is 5.